The molecule has 0 aliphatic heterocycles. The lowest BCUT2D eigenvalue weighted by molar-refractivity contribution is -0.149. The van der Waals surface area contributed by atoms with E-state index in [1.165, 1.54) is 5.56 Å². The van der Waals surface area contributed by atoms with E-state index >= 15 is 0 Å². The third-order valence-corrected chi connectivity index (χ3v) is 5.06. The van der Waals surface area contributed by atoms with E-state index in [9.17, 15) is 9.90 Å². The Morgan fingerprint density at radius 3 is 2.55 bits per heavy atom. The fraction of sp³-hybridized carbons (Fsp3) is 0.421. The molecule has 3 heteroatoms. The molecule has 3 rings (SSSR count). The number of aliphatic carboxylic acids is 1. The Balaban J connectivity index is 1.77. The van der Waals surface area contributed by atoms with Crippen LogP contribution in [-0.2, 0) is 4.79 Å². The summed E-state index contributed by atoms with van der Waals surface area (Å²) < 4.78 is 2.08. The van der Waals surface area contributed by atoms with Crippen LogP contribution in [0.25, 0.3) is 5.69 Å². The maximum Gasteiger partial charge on any atom is 0.309 e. The van der Waals surface area contributed by atoms with Crippen LogP contribution >= 0.6 is 0 Å². The maximum atomic E-state index is 11.7. The Kier molecular flexibility index (Phi) is 4.06. The highest BCUT2D eigenvalue weighted by Gasteiger charge is 2.44. The number of hydrogen-bond acceptors (Lipinski definition) is 1. The summed E-state index contributed by atoms with van der Waals surface area (Å²) in [6.45, 7) is 2.07. The van der Waals surface area contributed by atoms with Gasteiger partial charge in [-0.05, 0) is 61.4 Å². The smallest absolute Gasteiger partial charge is 0.309 e. The van der Waals surface area contributed by atoms with E-state index in [4.69, 9.17) is 0 Å². The number of carboxylic acid groups (broad SMARTS) is 1. The number of benzene rings is 1. The van der Waals surface area contributed by atoms with Gasteiger partial charge in [-0.25, -0.2) is 0 Å². The highest BCUT2D eigenvalue weighted by molar-refractivity contribution is 5.75. The molecular formula is C19H23NO2. The summed E-state index contributed by atoms with van der Waals surface area (Å²) in [6, 6.07) is 12.6. The molecule has 116 valence electrons. The van der Waals surface area contributed by atoms with Crippen LogP contribution in [-0.4, -0.2) is 15.6 Å². The minimum absolute atomic E-state index is 0.376. The van der Waals surface area contributed by atoms with Gasteiger partial charge in [0, 0.05) is 18.1 Å². The lowest BCUT2D eigenvalue weighted by Crippen LogP contribution is -2.27. The zero-order chi connectivity index (χ0) is 15.6. The summed E-state index contributed by atoms with van der Waals surface area (Å²) in [5.74, 6) is -0.234. The molecule has 3 nitrogen and oxygen atoms in total. The largest absolute Gasteiger partial charge is 0.481 e. The Hall–Kier alpha value is -2.03. The SMILES string of the molecule is CCC[C@@]1(C(=O)O)CCC(c2ccc(-n3cccc3)cc2)C1. The molecule has 1 N–H and O–H groups in total. The van der Waals surface area contributed by atoms with Gasteiger partial charge in [-0.2, -0.15) is 0 Å². The highest BCUT2D eigenvalue weighted by Crippen LogP contribution is 2.49. The van der Waals surface area contributed by atoms with Gasteiger partial charge in [0.25, 0.3) is 0 Å². The molecule has 1 aliphatic rings. The summed E-state index contributed by atoms with van der Waals surface area (Å²) >= 11 is 0. The molecule has 1 heterocycles. The third-order valence-electron chi connectivity index (χ3n) is 5.06. The molecule has 1 aromatic carbocycles. The molecular weight excluding hydrogens is 274 g/mol. The topological polar surface area (TPSA) is 42.2 Å². The van der Waals surface area contributed by atoms with Crippen molar-refractivity contribution in [3.63, 3.8) is 0 Å². The van der Waals surface area contributed by atoms with E-state index < -0.39 is 11.4 Å². The Bertz CT molecular complexity index is 630. The first kappa shape index (κ1) is 14.9. The standard InChI is InChI=1S/C19H23NO2/c1-2-10-19(18(21)22)11-9-16(14-19)15-5-7-17(8-6-15)20-12-3-4-13-20/h3-8,12-13,16H,2,9-11,14H2,1H3,(H,21,22)/t16?,19-/m1/s1. The number of hydrogen-bond donors (Lipinski definition) is 1. The van der Waals surface area contributed by atoms with E-state index in [1.807, 2.05) is 24.5 Å². The van der Waals surface area contributed by atoms with Gasteiger partial charge in [0.1, 0.15) is 0 Å². The normalized spacial score (nSPS) is 24.5. The van der Waals surface area contributed by atoms with Gasteiger partial charge >= 0.3 is 5.97 Å². The molecule has 2 atom stereocenters. The molecule has 2 aromatic rings. The number of rotatable bonds is 5. The van der Waals surface area contributed by atoms with E-state index in [-0.39, 0.29) is 0 Å². The Morgan fingerprint density at radius 2 is 1.95 bits per heavy atom. The van der Waals surface area contributed by atoms with Crippen molar-refractivity contribution in [3.05, 3.63) is 54.4 Å². The molecule has 1 saturated carbocycles. The summed E-state index contributed by atoms with van der Waals surface area (Å²) in [5.41, 5.74) is 1.92. The average Bonchev–Trinajstić information content (AvgIpc) is 3.18. The van der Waals surface area contributed by atoms with E-state index in [1.54, 1.807) is 0 Å². The Labute approximate surface area is 131 Å². The van der Waals surface area contributed by atoms with E-state index in [0.29, 0.717) is 5.92 Å². The first-order valence-corrected chi connectivity index (χ1v) is 8.11. The summed E-state index contributed by atoms with van der Waals surface area (Å²) in [5, 5.41) is 9.63. The van der Waals surface area contributed by atoms with Crippen molar-refractivity contribution >= 4 is 5.97 Å². The van der Waals surface area contributed by atoms with Gasteiger partial charge in [0.15, 0.2) is 0 Å². The maximum absolute atomic E-state index is 11.7. The van der Waals surface area contributed by atoms with Gasteiger partial charge in [-0.1, -0.05) is 25.5 Å². The van der Waals surface area contributed by atoms with Crippen LogP contribution in [0.5, 0.6) is 0 Å². The molecule has 22 heavy (non-hydrogen) atoms. The van der Waals surface area contributed by atoms with Crippen LogP contribution in [0.3, 0.4) is 0 Å². The van der Waals surface area contributed by atoms with Gasteiger partial charge in [0.2, 0.25) is 0 Å². The Morgan fingerprint density at radius 1 is 1.27 bits per heavy atom. The number of carbonyl (C=O) groups is 1. The zero-order valence-electron chi connectivity index (χ0n) is 13.0. The second-order valence-corrected chi connectivity index (χ2v) is 6.46. The monoisotopic (exact) mass is 297 g/mol. The quantitative estimate of drug-likeness (QED) is 0.875. The van der Waals surface area contributed by atoms with Gasteiger partial charge in [0.05, 0.1) is 5.41 Å². The number of nitrogens with zero attached hydrogens (tertiary/aromatic N) is 1. The van der Waals surface area contributed by atoms with Crippen LogP contribution in [0.15, 0.2) is 48.8 Å². The second kappa shape index (κ2) is 5.99. The molecule has 0 spiro atoms. The third kappa shape index (κ3) is 2.68. The van der Waals surface area contributed by atoms with Gasteiger partial charge in [-0.3, -0.25) is 4.79 Å². The molecule has 0 radical (unpaired) electrons. The highest BCUT2D eigenvalue weighted by atomic mass is 16.4. The lowest BCUT2D eigenvalue weighted by Gasteiger charge is -2.23. The lowest BCUT2D eigenvalue weighted by atomic mass is 9.80. The fourth-order valence-electron chi connectivity index (χ4n) is 3.84. The fourth-order valence-corrected chi connectivity index (χ4v) is 3.84. The first-order chi connectivity index (χ1) is 10.6. The summed E-state index contributed by atoms with van der Waals surface area (Å²) in [7, 11) is 0. The van der Waals surface area contributed by atoms with Crippen molar-refractivity contribution in [2.75, 3.05) is 0 Å². The summed E-state index contributed by atoms with van der Waals surface area (Å²) in [6.07, 6.45) is 8.35. The number of aromatic nitrogens is 1. The minimum Gasteiger partial charge on any atom is -0.481 e. The van der Waals surface area contributed by atoms with Crippen LogP contribution in [0.4, 0.5) is 0 Å². The zero-order valence-corrected chi connectivity index (χ0v) is 13.0. The molecule has 1 unspecified atom stereocenters. The first-order valence-electron chi connectivity index (χ1n) is 8.11. The van der Waals surface area contributed by atoms with Crippen molar-refractivity contribution in [3.8, 4) is 5.69 Å². The molecule has 0 amide bonds. The van der Waals surface area contributed by atoms with E-state index in [2.05, 4.69) is 35.8 Å². The van der Waals surface area contributed by atoms with Crippen LogP contribution in [0.2, 0.25) is 0 Å². The molecule has 1 aromatic heterocycles. The number of carboxylic acids is 1. The minimum atomic E-state index is -0.610. The second-order valence-electron chi connectivity index (χ2n) is 6.46. The van der Waals surface area contributed by atoms with Crippen molar-refractivity contribution in [2.24, 2.45) is 5.41 Å². The van der Waals surface area contributed by atoms with Crippen molar-refractivity contribution in [1.82, 2.24) is 4.57 Å². The van der Waals surface area contributed by atoms with Crippen LogP contribution in [0.1, 0.15) is 50.5 Å². The van der Waals surface area contributed by atoms with Gasteiger partial charge < -0.3 is 9.67 Å². The van der Waals surface area contributed by atoms with Crippen molar-refractivity contribution in [1.29, 1.82) is 0 Å². The molecule has 0 bridgehead atoms. The molecule has 0 saturated heterocycles. The summed E-state index contributed by atoms with van der Waals surface area (Å²) in [4.78, 5) is 11.7. The van der Waals surface area contributed by atoms with Crippen LogP contribution in [0, 0.1) is 5.41 Å². The van der Waals surface area contributed by atoms with Crippen LogP contribution < -0.4 is 0 Å². The van der Waals surface area contributed by atoms with Crippen molar-refractivity contribution in [2.45, 2.75) is 44.9 Å². The molecule has 1 aliphatic carbocycles. The predicted octanol–water partition coefficient (Wildman–Crippen LogP) is 4.62. The average molecular weight is 297 g/mol. The van der Waals surface area contributed by atoms with E-state index in [0.717, 1.165) is 37.8 Å². The predicted molar refractivity (Wildman–Crippen MR) is 87.3 cm³/mol. The van der Waals surface area contributed by atoms with Gasteiger partial charge in [-0.15, -0.1) is 0 Å². The van der Waals surface area contributed by atoms with Crippen molar-refractivity contribution < 1.29 is 9.90 Å². The molecule has 1 fully saturated rings.